The molecule has 2 aromatic carbocycles. The van der Waals surface area contributed by atoms with E-state index in [4.69, 9.17) is 18.0 Å². The summed E-state index contributed by atoms with van der Waals surface area (Å²) in [4.78, 5) is 0.396. The number of unbranched alkanes of at least 4 members (excludes halogenated alkanes) is 1. The van der Waals surface area contributed by atoms with Crippen LogP contribution in [0.4, 0.5) is 0 Å². The Morgan fingerprint density at radius 2 is 1.75 bits per heavy atom. The molecule has 0 saturated heterocycles. The Hall–Kier alpha value is -1.76. The van der Waals surface area contributed by atoms with Gasteiger partial charge in [0, 0.05) is 12.1 Å². The summed E-state index contributed by atoms with van der Waals surface area (Å²) >= 11 is 5.11. The van der Waals surface area contributed by atoms with Gasteiger partial charge in [0.1, 0.15) is 4.99 Å². The largest absolute Gasteiger partial charge is 0.389 e. The minimum absolute atomic E-state index is 0.396. The maximum absolute atomic E-state index is 11.0. The van der Waals surface area contributed by atoms with Gasteiger partial charge in [0.15, 0.2) is 0 Å². The van der Waals surface area contributed by atoms with Crippen molar-refractivity contribution in [1.29, 1.82) is 0 Å². The summed E-state index contributed by atoms with van der Waals surface area (Å²) in [5, 5.41) is 0. The Morgan fingerprint density at radius 3 is 2.38 bits per heavy atom. The smallest absolute Gasteiger partial charge is 0.208 e. The van der Waals surface area contributed by atoms with Crippen molar-refractivity contribution in [2.24, 2.45) is 5.73 Å². The Kier molecular flexibility index (Phi) is 6.48. The van der Waals surface area contributed by atoms with E-state index in [2.05, 4.69) is 29.0 Å². The zero-order chi connectivity index (χ0) is 17.6. The Labute approximate surface area is 149 Å². The fourth-order valence-electron chi connectivity index (χ4n) is 2.51. The number of aryl methyl sites for hydroxylation is 1. The van der Waals surface area contributed by atoms with Crippen molar-refractivity contribution in [1.82, 2.24) is 4.72 Å². The van der Waals surface area contributed by atoms with Crippen LogP contribution in [0.5, 0.6) is 0 Å². The first-order valence-electron chi connectivity index (χ1n) is 7.79. The number of hydrogen-bond acceptors (Lipinski definition) is 3. The van der Waals surface area contributed by atoms with Crippen LogP contribution in [-0.2, 0) is 16.4 Å². The number of nitrogens with one attached hydrogen (secondary N) is 1. The molecule has 0 fully saturated rings. The van der Waals surface area contributed by atoms with E-state index in [0.29, 0.717) is 11.5 Å². The van der Waals surface area contributed by atoms with Gasteiger partial charge in [-0.3, -0.25) is 0 Å². The Balaban J connectivity index is 1.95. The van der Waals surface area contributed by atoms with Crippen molar-refractivity contribution in [2.45, 2.75) is 19.3 Å². The van der Waals surface area contributed by atoms with Crippen molar-refractivity contribution < 1.29 is 8.42 Å². The summed E-state index contributed by atoms with van der Waals surface area (Å²) in [6.45, 7) is 0.484. The number of thiocarbonyl (C=S) groups is 1. The van der Waals surface area contributed by atoms with Crippen LogP contribution in [0.15, 0.2) is 48.5 Å². The first-order valence-corrected chi connectivity index (χ1v) is 10.1. The lowest BCUT2D eigenvalue weighted by Crippen LogP contribution is -2.22. The topological polar surface area (TPSA) is 72.2 Å². The average molecular weight is 363 g/mol. The molecule has 0 saturated carbocycles. The normalized spacial score (nSPS) is 11.4. The SMILES string of the molecule is CS(=O)(=O)NCCCCc1ccc(-c2ccccc2C(N)=S)cc1. The summed E-state index contributed by atoms with van der Waals surface area (Å²) < 4.78 is 24.5. The molecule has 0 amide bonds. The molecule has 0 aromatic heterocycles. The molecule has 0 spiro atoms. The number of rotatable bonds is 8. The number of nitrogens with two attached hydrogens (primary N) is 1. The molecule has 2 aromatic rings. The standard InChI is InChI=1S/C18H22N2O2S2/c1-24(21,22)20-13-5-4-6-14-9-11-15(12-10-14)16-7-2-3-8-17(16)18(19)23/h2-3,7-12,20H,4-6,13H2,1H3,(H2,19,23). The second-order valence-corrected chi connectivity index (χ2v) is 8.00. The molecule has 24 heavy (non-hydrogen) atoms. The summed E-state index contributed by atoms with van der Waals surface area (Å²) in [6, 6.07) is 16.2. The second kappa shape index (κ2) is 8.37. The molecule has 0 heterocycles. The molecule has 0 aliphatic carbocycles. The third-order valence-electron chi connectivity index (χ3n) is 3.71. The van der Waals surface area contributed by atoms with Gasteiger partial charge in [0.25, 0.3) is 0 Å². The highest BCUT2D eigenvalue weighted by atomic mass is 32.2. The van der Waals surface area contributed by atoms with Crippen LogP contribution in [0.3, 0.4) is 0 Å². The fourth-order valence-corrected chi connectivity index (χ4v) is 3.21. The first-order chi connectivity index (χ1) is 11.4. The van der Waals surface area contributed by atoms with Crippen LogP contribution in [0.2, 0.25) is 0 Å². The third kappa shape index (κ3) is 5.70. The van der Waals surface area contributed by atoms with E-state index in [1.165, 1.54) is 11.8 Å². The third-order valence-corrected chi connectivity index (χ3v) is 4.66. The fraction of sp³-hybridized carbons (Fsp3) is 0.278. The predicted molar refractivity (Wildman–Crippen MR) is 104 cm³/mol. The summed E-state index contributed by atoms with van der Waals surface area (Å²) in [6.07, 6.45) is 3.85. The lowest BCUT2D eigenvalue weighted by molar-refractivity contribution is 0.583. The molecule has 128 valence electrons. The quantitative estimate of drug-likeness (QED) is 0.559. The van der Waals surface area contributed by atoms with Crippen molar-refractivity contribution in [3.8, 4) is 11.1 Å². The summed E-state index contributed by atoms with van der Waals surface area (Å²) in [5.74, 6) is 0. The minimum atomic E-state index is -3.09. The van der Waals surface area contributed by atoms with E-state index in [1.54, 1.807) is 0 Å². The Morgan fingerprint density at radius 1 is 1.08 bits per heavy atom. The minimum Gasteiger partial charge on any atom is -0.389 e. The van der Waals surface area contributed by atoms with Gasteiger partial charge in [-0.2, -0.15) is 0 Å². The molecule has 3 N–H and O–H groups in total. The predicted octanol–water partition coefficient (Wildman–Crippen LogP) is 2.86. The van der Waals surface area contributed by atoms with Gasteiger partial charge in [0.2, 0.25) is 10.0 Å². The molecule has 0 aliphatic heterocycles. The van der Waals surface area contributed by atoms with Gasteiger partial charge in [-0.1, -0.05) is 60.7 Å². The van der Waals surface area contributed by atoms with E-state index >= 15 is 0 Å². The number of hydrogen-bond donors (Lipinski definition) is 2. The van der Waals surface area contributed by atoms with Crippen LogP contribution in [0, 0.1) is 0 Å². The molecule has 2 rings (SSSR count). The van der Waals surface area contributed by atoms with Crippen LogP contribution >= 0.6 is 12.2 Å². The van der Waals surface area contributed by atoms with Crippen molar-refractivity contribution >= 4 is 27.2 Å². The first kappa shape index (κ1) is 18.6. The van der Waals surface area contributed by atoms with E-state index in [1.807, 2.05) is 24.3 Å². The molecular formula is C18H22N2O2S2. The lowest BCUT2D eigenvalue weighted by Gasteiger charge is -2.09. The second-order valence-electron chi connectivity index (χ2n) is 5.73. The molecule has 0 atom stereocenters. The number of sulfonamides is 1. The van der Waals surface area contributed by atoms with Crippen LogP contribution in [-0.4, -0.2) is 26.2 Å². The summed E-state index contributed by atoms with van der Waals surface area (Å²) in [7, 11) is -3.09. The van der Waals surface area contributed by atoms with Crippen LogP contribution in [0.1, 0.15) is 24.0 Å². The molecule has 0 radical (unpaired) electrons. The molecule has 0 bridgehead atoms. The molecule has 6 heteroatoms. The zero-order valence-corrected chi connectivity index (χ0v) is 15.3. The number of benzene rings is 2. The van der Waals surface area contributed by atoms with E-state index < -0.39 is 10.0 Å². The molecule has 0 unspecified atom stereocenters. The van der Waals surface area contributed by atoms with Gasteiger partial charge in [-0.15, -0.1) is 0 Å². The molecule has 0 aliphatic rings. The highest BCUT2D eigenvalue weighted by Gasteiger charge is 2.06. The molecule has 4 nitrogen and oxygen atoms in total. The highest BCUT2D eigenvalue weighted by molar-refractivity contribution is 7.88. The van der Waals surface area contributed by atoms with Crippen LogP contribution < -0.4 is 10.5 Å². The highest BCUT2D eigenvalue weighted by Crippen LogP contribution is 2.24. The van der Waals surface area contributed by atoms with Crippen molar-refractivity contribution in [3.05, 3.63) is 59.7 Å². The molecular weight excluding hydrogens is 340 g/mol. The van der Waals surface area contributed by atoms with Crippen LogP contribution in [0.25, 0.3) is 11.1 Å². The van der Waals surface area contributed by atoms with E-state index in [0.717, 1.165) is 36.0 Å². The monoisotopic (exact) mass is 362 g/mol. The average Bonchev–Trinajstić information content (AvgIpc) is 2.54. The van der Waals surface area contributed by atoms with Gasteiger partial charge in [0.05, 0.1) is 6.26 Å². The maximum atomic E-state index is 11.0. The zero-order valence-electron chi connectivity index (χ0n) is 13.7. The van der Waals surface area contributed by atoms with Gasteiger partial charge in [-0.05, 0) is 36.0 Å². The lowest BCUT2D eigenvalue weighted by atomic mass is 9.97. The van der Waals surface area contributed by atoms with Crippen molar-refractivity contribution in [3.63, 3.8) is 0 Å². The van der Waals surface area contributed by atoms with E-state index in [-0.39, 0.29) is 0 Å². The van der Waals surface area contributed by atoms with Gasteiger partial charge in [-0.25, -0.2) is 13.1 Å². The maximum Gasteiger partial charge on any atom is 0.208 e. The van der Waals surface area contributed by atoms with Crippen molar-refractivity contribution in [2.75, 3.05) is 12.8 Å². The van der Waals surface area contributed by atoms with Gasteiger partial charge < -0.3 is 5.73 Å². The summed E-state index contributed by atoms with van der Waals surface area (Å²) in [5.41, 5.74) is 10.0. The Bertz CT molecular complexity index is 800. The van der Waals surface area contributed by atoms with Gasteiger partial charge >= 0.3 is 0 Å². The van der Waals surface area contributed by atoms with E-state index in [9.17, 15) is 8.42 Å².